The van der Waals surface area contributed by atoms with Crippen LogP contribution in [0.3, 0.4) is 0 Å². The van der Waals surface area contributed by atoms with Gasteiger partial charge in [-0.15, -0.1) is 0 Å². The van der Waals surface area contributed by atoms with E-state index in [2.05, 4.69) is 19.2 Å². The minimum absolute atomic E-state index is 0.269. The largest absolute Gasteiger partial charge is 0.353 e. The molecule has 2 atom stereocenters. The summed E-state index contributed by atoms with van der Waals surface area (Å²) in [5.74, 6) is 0.590. The van der Waals surface area contributed by atoms with Crippen LogP contribution in [0.25, 0.3) is 0 Å². The number of hydrogen-bond donors (Lipinski definition) is 1. The SMILES string of the molecule is CCCCCCCCC1C(=O)NC1C. The van der Waals surface area contributed by atoms with Gasteiger partial charge in [0.05, 0.1) is 5.92 Å². The van der Waals surface area contributed by atoms with E-state index in [9.17, 15) is 4.79 Å². The van der Waals surface area contributed by atoms with Crippen molar-refractivity contribution in [1.29, 1.82) is 0 Å². The Hall–Kier alpha value is -0.530. The van der Waals surface area contributed by atoms with Crippen LogP contribution in [0.2, 0.25) is 0 Å². The molecule has 1 heterocycles. The molecule has 2 unspecified atom stereocenters. The molecule has 0 saturated carbocycles. The first-order valence-corrected chi connectivity index (χ1v) is 6.06. The zero-order valence-corrected chi connectivity index (χ0v) is 9.51. The first kappa shape index (κ1) is 11.5. The van der Waals surface area contributed by atoms with Crippen LogP contribution >= 0.6 is 0 Å². The molecular formula is C12H23NO. The average molecular weight is 197 g/mol. The van der Waals surface area contributed by atoms with Crippen molar-refractivity contribution in [3.63, 3.8) is 0 Å². The van der Waals surface area contributed by atoms with Crippen molar-refractivity contribution >= 4 is 5.91 Å². The highest BCUT2D eigenvalue weighted by atomic mass is 16.2. The second-order valence-corrected chi connectivity index (χ2v) is 4.46. The minimum Gasteiger partial charge on any atom is -0.353 e. The lowest BCUT2D eigenvalue weighted by molar-refractivity contribution is -0.134. The van der Waals surface area contributed by atoms with Crippen LogP contribution in [0.15, 0.2) is 0 Å². The van der Waals surface area contributed by atoms with Crippen LogP contribution in [0, 0.1) is 5.92 Å². The molecular weight excluding hydrogens is 174 g/mol. The summed E-state index contributed by atoms with van der Waals surface area (Å²) in [6, 6.07) is 0.429. The lowest BCUT2D eigenvalue weighted by atomic mass is 9.87. The van der Waals surface area contributed by atoms with Gasteiger partial charge in [-0.2, -0.15) is 0 Å². The van der Waals surface area contributed by atoms with E-state index in [-0.39, 0.29) is 5.91 Å². The van der Waals surface area contributed by atoms with Crippen molar-refractivity contribution in [3.8, 4) is 0 Å². The summed E-state index contributed by atoms with van der Waals surface area (Å²) < 4.78 is 0. The molecule has 1 N–H and O–H groups in total. The van der Waals surface area contributed by atoms with Gasteiger partial charge in [0.25, 0.3) is 0 Å². The first-order chi connectivity index (χ1) is 6.75. The topological polar surface area (TPSA) is 29.1 Å². The molecule has 0 radical (unpaired) electrons. The average Bonchev–Trinajstić information content (AvgIpc) is 2.16. The predicted octanol–water partition coefficient (Wildman–Crippen LogP) is 2.87. The fourth-order valence-electron chi connectivity index (χ4n) is 2.09. The lowest BCUT2D eigenvalue weighted by Gasteiger charge is -2.34. The maximum Gasteiger partial charge on any atom is 0.225 e. The summed E-state index contributed by atoms with van der Waals surface area (Å²) in [6.07, 6.45) is 9.00. The van der Waals surface area contributed by atoms with Crippen LogP contribution < -0.4 is 5.32 Å². The molecule has 1 rings (SSSR count). The van der Waals surface area contributed by atoms with Gasteiger partial charge < -0.3 is 5.32 Å². The van der Waals surface area contributed by atoms with Crippen molar-refractivity contribution in [3.05, 3.63) is 0 Å². The quantitative estimate of drug-likeness (QED) is 0.493. The normalized spacial score (nSPS) is 25.7. The van der Waals surface area contributed by atoms with E-state index >= 15 is 0 Å². The van der Waals surface area contributed by atoms with E-state index in [1.165, 1.54) is 38.5 Å². The van der Waals surface area contributed by atoms with Crippen LogP contribution in [0.1, 0.15) is 58.8 Å². The summed E-state index contributed by atoms with van der Waals surface area (Å²) in [6.45, 7) is 4.34. The second-order valence-electron chi connectivity index (χ2n) is 4.46. The van der Waals surface area contributed by atoms with Crippen LogP contribution in [-0.4, -0.2) is 11.9 Å². The summed E-state index contributed by atoms with van der Waals surface area (Å²) in [4.78, 5) is 11.1. The van der Waals surface area contributed by atoms with Gasteiger partial charge in [-0.3, -0.25) is 4.79 Å². The molecule has 14 heavy (non-hydrogen) atoms. The van der Waals surface area contributed by atoms with Crippen molar-refractivity contribution in [2.24, 2.45) is 5.92 Å². The van der Waals surface area contributed by atoms with Gasteiger partial charge in [0.2, 0.25) is 5.91 Å². The first-order valence-electron chi connectivity index (χ1n) is 6.06. The minimum atomic E-state index is 0.269. The number of carbonyl (C=O) groups is 1. The monoisotopic (exact) mass is 197 g/mol. The molecule has 1 amide bonds. The molecule has 2 nitrogen and oxygen atoms in total. The molecule has 0 aromatic rings. The molecule has 1 aliphatic heterocycles. The third kappa shape index (κ3) is 3.32. The highest BCUT2D eigenvalue weighted by Crippen LogP contribution is 2.21. The van der Waals surface area contributed by atoms with Gasteiger partial charge in [-0.05, 0) is 13.3 Å². The van der Waals surface area contributed by atoms with Gasteiger partial charge in [0.1, 0.15) is 0 Å². The molecule has 0 aromatic heterocycles. The van der Waals surface area contributed by atoms with Gasteiger partial charge in [0.15, 0.2) is 0 Å². The molecule has 0 aromatic carbocycles. The Morgan fingerprint density at radius 3 is 2.36 bits per heavy atom. The van der Waals surface area contributed by atoms with Gasteiger partial charge >= 0.3 is 0 Å². The van der Waals surface area contributed by atoms with E-state index in [0.717, 1.165) is 6.42 Å². The number of unbranched alkanes of at least 4 members (excludes halogenated alkanes) is 5. The molecule has 0 spiro atoms. The number of β-lactam (4-membered cyclic amide) rings is 1. The van der Waals surface area contributed by atoms with E-state index in [4.69, 9.17) is 0 Å². The number of hydrogen-bond acceptors (Lipinski definition) is 1. The third-order valence-corrected chi connectivity index (χ3v) is 3.18. The summed E-state index contributed by atoms with van der Waals surface area (Å²) in [5, 5.41) is 2.88. The Labute approximate surface area is 87.5 Å². The molecule has 2 heteroatoms. The summed E-state index contributed by atoms with van der Waals surface area (Å²) in [5.41, 5.74) is 0. The highest BCUT2D eigenvalue weighted by Gasteiger charge is 2.34. The zero-order valence-electron chi connectivity index (χ0n) is 9.51. The Morgan fingerprint density at radius 2 is 1.79 bits per heavy atom. The second kappa shape index (κ2) is 6.05. The van der Waals surface area contributed by atoms with E-state index in [0.29, 0.717) is 12.0 Å². The van der Waals surface area contributed by atoms with Gasteiger partial charge in [-0.25, -0.2) is 0 Å². The van der Waals surface area contributed by atoms with Gasteiger partial charge in [0, 0.05) is 6.04 Å². The highest BCUT2D eigenvalue weighted by molar-refractivity contribution is 5.85. The number of amides is 1. The lowest BCUT2D eigenvalue weighted by Crippen LogP contribution is -2.56. The zero-order chi connectivity index (χ0) is 10.4. The van der Waals surface area contributed by atoms with Crippen molar-refractivity contribution in [2.75, 3.05) is 0 Å². The van der Waals surface area contributed by atoms with Crippen molar-refractivity contribution in [2.45, 2.75) is 64.8 Å². The fourth-order valence-corrected chi connectivity index (χ4v) is 2.09. The molecule has 0 bridgehead atoms. The molecule has 1 saturated heterocycles. The standard InChI is InChI=1S/C12H23NO/c1-3-4-5-6-7-8-9-11-10(2)13-12(11)14/h10-11H,3-9H2,1-2H3,(H,13,14). The molecule has 0 aliphatic carbocycles. The Balaban J connectivity index is 1.91. The predicted molar refractivity (Wildman–Crippen MR) is 59.1 cm³/mol. The smallest absolute Gasteiger partial charge is 0.225 e. The fraction of sp³-hybridized carbons (Fsp3) is 0.917. The number of rotatable bonds is 7. The maximum absolute atomic E-state index is 11.1. The van der Waals surface area contributed by atoms with Crippen molar-refractivity contribution < 1.29 is 4.79 Å². The number of nitrogens with one attached hydrogen (secondary N) is 1. The van der Waals surface area contributed by atoms with Crippen LogP contribution in [0.5, 0.6) is 0 Å². The van der Waals surface area contributed by atoms with Crippen LogP contribution in [0.4, 0.5) is 0 Å². The summed E-state index contributed by atoms with van der Waals surface area (Å²) >= 11 is 0. The van der Waals surface area contributed by atoms with E-state index in [1.54, 1.807) is 0 Å². The molecule has 1 aliphatic rings. The molecule has 82 valence electrons. The van der Waals surface area contributed by atoms with Crippen LogP contribution in [-0.2, 0) is 4.79 Å². The molecule has 1 fully saturated rings. The Bertz CT molecular complexity index is 179. The third-order valence-electron chi connectivity index (χ3n) is 3.18. The Kier molecular flexibility index (Phi) is 4.99. The summed E-state index contributed by atoms with van der Waals surface area (Å²) in [7, 11) is 0. The van der Waals surface area contributed by atoms with Crippen molar-refractivity contribution in [1.82, 2.24) is 5.32 Å². The van der Waals surface area contributed by atoms with E-state index in [1.807, 2.05) is 0 Å². The maximum atomic E-state index is 11.1. The number of carbonyl (C=O) groups excluding carboxylic acids is 1. The Morgan fingerprint density at radius 1 is 1.14 bits per heavy atom. The van der Waals surface area contributed by atoms with Gasteiger partial charge in [-0.1, -0.05) is 45.4 Å². The van der Waals surface area contributed by atoms with E-state index < -0.39 is 0 Å².